The molecule has 0 bridgehead atoms. The zero-order chi connectivity index (χ0) is 23.1. The summed E-state index contributed by atoms with van der Waals surface area (Å²) in [5.74, 6) is 0.210. The number of rotatable bonds is 7. The Balaban J connectivity index is 1.40. The van der Waals surface area contributed by atoms with Crippen molar-refractivity contribution in [1.82, 2.24) is 20.1 Å². The number of hydrogen-bond donors (Lipinski definition) is 2. The molecule has 2 N–H and O–H groups in total. The number of nitrogens with zero attached hydrogens (tertiary/aromatic N) is 3. The second-order valence-corrected chi connectivity index (χ2v) is 9.07. The summed E-state index contributed by atoms with van der Waals surface area (Å²) in [5.41, 5.74) is 3.31. The minimum atomic E-state index is -0.331. The zero-order valence-corrected chi connectivity index (χ0v) is 19.6. The molecule has 0 aliphatic carbocycles. The lowest BCUT2D eigenvalue weighted by atomic mass is 9.79. The van der Waals surface area contributed by atoms with Crippen LogP contribution in [0.15, 0.2) is 42.5 Å². The maximum atomic E-state index is 13.1. The summed E-state index contributed by atoms with van der Waals surface area (Å²) in [6.07, 6.45) is 1.65. The third-order valence-corrected chi connectivity index (χ3v) is 6.14. The fraction of sp³-hybridized carbons (Fsp3) is 0.480. The topological polar surface area (TPSA) is 77.6 Å². The molecule has 0 saturated carbocycles. The van der Waals surface area contributed by atoms with E-state index in [-0.39, 0.29) is 17.4 Å². The van der Waals surface area contributed by atoms with E-state index in [9.17, 15) is 9.59 Å². The van der Waals surface area contributed by atoms with E-state index in [0.29, 0.717) is 13.1 Å². The predicted octanol–water partition coefficient (Wildman–Crippen LogP) is 3.58. The maximum absolute atomic E-state index is 13.1. The van der Waals surface area contributed by atoms with Gasteiger partial charge in [0, 0.05) is 49.2 Å². The molecule has 1 aliphatic rings. The molecule has 3 rings (SSSR count). The highest BCUT2D eigenvalue weighted by Crippen LogP contribution is 2.33. The molecule has 1 fully saturated rings. The number of nitrogens with one attached hydrogen (secondary N) is 2. The van der Waals surface area contributed by atoms with Gasteiger partial charge in [-0.1, -0.05) is 37.3 Å². The highest BCUT2D eigenvalue weighted by Gasteiger charge is 2.38. The van der Waals surface area contributed by atoms with E-state index in [4.69, 9.17) is 0 Å². The van der Waals surface area contributed by atoms with Gasteiger partial charge in [-0.25, -0.2) is 4.79 Å². The van der Waals surface area contributed by atoms with E-state index in [1.165, 1.54) is 0 Å². The number of anilines is 1. The van der Waals surface area contributed by atoms with E-state index in [1.54, 1.807) is 0 Å². The number of piperidine rings is 1. The second kappa shape index (κ2) is 10.6. The molecule has 32 heavy (non-hydrogen) atoms. The van der Waals surface area contributed by atoms with Crippen molar-refractivity contribution in [2.24, 2.45) is 5.41 Å². The van der Waals surface area contributed by atoms with Crippen molar-refractivity contribution < 1.29 is 9.59 Å². The minimum Gasteiger partial charge on any atom is -0.341 e. The number of aromatic nitrogens is 1. The van der Waals surface area contributed by atoms with Crippen molar-refractivity contribution in [3.05, 3.63) is 59.4 Å². The lowest BCUT2D eigenvalue weighted by Gasteiger charge is -2.40. The minimum absolute atomic E-state index is 0.210. The van der Waals surface area contributed by atoms with Crippen LogP contribution in [0.1, 0.15) is 36.7 Å². The number of urea groups is 1. The number of pyridine rings is 1. The third kappa shape index (κ3) is 6.53. The van der Waals surface area contributed by atoms with Crippen LogP contribution in [0.2, 0.25) is 0 Å². The smallest absolute Gasteiger partial charge is 0.319 e. The number of likely N-dealkylation sites (tertiary alicyclic amines) is 1. The molecular formula is C25H35N5O2. The molecule has 172 valence electrons. The average molecular weight is 438 g/mol. The number of aryl methyl sites for hydroxylation is 2. The van der Waals surface area contributed by atoms with Crippen molar-refractivity contribution in [2.45, 2.75) is 40.2 Å². The first kappa shape index (κ1) is 23.7. The first-order valence-electron chi connectivity index (χ1n) is 11.3. The van der Waals surface area contributed by atoms with Gasteiger partial charge in [0.2, 0.25) is 5.91 Å². The van der Waals surface area contributed by atoms with Crippen molar-refractivity contribution in [3.8, 4) is 0 Å². The molecular weight excluding hydrogens is 402 g/mol. The molecule has 7 nitrogen and oxygen atoms in total. The van der Waals surface area contributed by atoms with Crippen LogP contribution in [0, 0.1) is 19.3 Å². The van der Waals surface area contributed by atoms with E-state index in [1.807, 2.05) is 56.1 Å². The summed E-state index contributed by atoms with van der Waals surface area (Å²) < 4.78 is 0. The Morgan fingerprint density at radius 2 is 1.72 bits per heavy atom. The van der Waals surface area contributed by atoms with Crippen molar-refractivity contribution >= 4 is 17.6 Å². The van der Waals surface area contributed by atoms with E-state index in [2.05, 4.69) is 39.6 Å². The fourth-order valence-corrected chi connectivity index (χ4v) is 4.28. The largest absolute Gasteiger partial charge is 0.341 e. The lowest BCUT2D eigenvalue weighted by Crippen LogP contribution is -2.49. The van der Waals surface area contributed by atoms with Gasteiger partial charge in [0.1, 0.15) is 0 Å². The van der Waals surface area contributed by atoms with Gasteiger partial charge in [-0.3, -0.25) is 9.78 Å². The Hall–Kier alpha value is -2.93. The molecule has 1 saturated heterocycles. The van der Waals surface area contributed by atoms with Gasteiger partial charge in [0.05, 0.1) is 0 Å². The van der Waals surface area contributed by atoms with E-state index >= 15 is 0 Å². The highest BCUT2D eigenvalue weighted by atomic mass is 16.2. The van der Waals surface area contributed by atoms with E-state index < -0.39 is 0 Å². The van der Waals surface area contributed by atoms with Crippen LogP contribution in [0.3, 0.4) is 0 Å². The molecule has 7 heteroatoms. The molecule has 0 unspecified atom stereocenters. The van der Waals surface area contributed by atoms with Crippen LogP contribution in [-0.2, 0) is 11.3 Å². The SMILES string of the molecule is Cc1cc(NC(=O)NCCN2CCC(C)(C(=O)N(C)Cc3ccccc3)CC2)cc(C)n1. The van der Waals surface area contributed by atoms with Crippen LogP contribution in [0.4, 0.5) is 10.5 Å². The Morgan fingerprint density at radius 1 is 1.09 bits per heavy atom. The molecule has 1 aliphatic heterocycles. The van der Waals surface area contributed by atoms with Crippen molar-refractivity contribution in [2.75, 3.05) is 38.5 Å². The van der Waals surface area contributed by atoms with Gasteiger partial charge in [-0.2, -0.15) is 0 Å². The van der Waals surface area contributed by atoms with Crippen molar-refractivity contribution in [3.63, 3.8) is 0 Å². The standard InChI is InChI=1S/C25H35N5O2/c1-19-16-22(17-20(2)27-19)28-24(32)26-12-15-30-13-10-25(3,11-14-30)23(31)29(4)18-21-8-6-5-7-9-21/h5-9,16-17H,10-15,18H2,1-4H3,(H2,26,27,28,32). The van der Waals surface area contributed by atoms with Crippen LogP contribution in [-0.4, -0.2) is 59.9 Å². The fourth-order valence-electron chi connectivity index (χ4n) is 4.28. The normalized spacial score (nSPS) is 15.8. The molecule has 2 aromatic rings. The summed E-state index contributed by atoms with van der Waals surface area (Å²) in [7, 11) is 1.89. The molecule has 1 aromatic heterocycles. The lowest BCUT2D eigenvalue weighted by molar-refractivity contribution is -0.143. The Bertz CT molecular complexity index is 903. The Labute approximate surface area is 191 Å². The first-order valence-corrected chi connectivity index (χ1v) is 11.3. The van der Waals surface area contributed by atoms with Gasteiger partial charge in [-0.15, -0.1) is 0 Å². The van der Waals surface area contributed by atoms with Crippen LogP contribution >= 0.6 is 0 Å². The zero-order valence-electron chi connectivity index (χ0n) is 19.6. The van der Waals surface area contributed by atoms with Crippen molar-refractivity contribution in [1.29, 1.82) is 0 Å². The van der Waals surface area contributed by atoms with Gasteiger partial charge < -0.3 is 20.4 Å². The molecule has 0 spiro atoms. The summed E-state index contributed by atoms with van der Waals surface area (Å²) in [6, 6.07) is 13.6. The number of benzene rings is 1. The first-order chi connectivity index (χ1) is 15.2. The Kier molecular flexibility index (Phi) is 7.85. The average Bonchev–Trinajstić information content (AvgIpc) is 2.74. The third-order valence-electron chi connectivity index (χ3n) is 6.14. The Morgan fingerprint density at radius 3 is 2.34 bits per heavy atom. The molecule has 0 radical (unpaired) electrons. The number of carbonyl (C=O) groups excluding carboxylic acids is 2. The van der Waals surface area contributed by atoms with Gasteiger partial charge >= 0.3 is 6.03 Å². The maximum Gasteiger partial charge on any atom is 0.319 e. The molecule has 3 amide bonds. The number of amides is 3. The summed E-state index contributed by atoms with van der Waals surface area (Å²) >= 11 is 0. The molecule has 1 aromatic carbocycles. The van der Waals surface area contributed by atoms with E-state index in [0.717, 1.165) is 55.1 Å². The number of carbonyl (C=O) groups is 2. The van der Waals surface area contributed by atoms with Gasteiger partial charge in [0.25, 0.3) is 0 Å². The predicted molar refractivity (Wildman–Crippen MR) is 127 cm³/mol. The second-order valence-electron chi connectivity index (χ2n) is 9.07. The van der Waals surface area contributed by atoms with Gasteiger partial charge in [0.15, 0.2) is 0 Å². The monoisotopic (exact) mass is 437 g/mol. The summed E-state index contributed by atoms with van der Waals surface area (Å²) in [6.45, 7) is 9.57. The molecule has 0 atom stereocenters. The highest BCUT2D eigenvalue weighted by molar-refractivity contribution is 5.89. The van der Waals surface area contributed by atoms with Crippen LogP contribution < -0.4 is 10.6 Å². The summed E-state index contributed by atoms with van der Waals surface area (Å²) in [4.78, 5) is 33.8. The van der Waals surface area contributed by atoms with Crippen LogP contribution in [0.5, 0.6) is 0 Å². The number of hydrogen-bond acceptors (Lipinski definition) is 4. The van der Waals surface area contributed by atoms with Crippen LogP contribution in [0.25, 0.3) is 0 Å². The van der Waals surface area contributed by atoms with Gasteiger partial charge in [-0.05, 0) is 57.5 Å². The quantitative estimate of drug-likeness (QED) is 0.694. The summed E-state index contributed by atoms with van der Waals surface area (Å²) in [5, 5.41) is 5.78. The molecule has 2 heterocycles.